The molecule has 1 aromatic carbocycles. The number of carbonyl (C=O) groups excluding carboxylic acids is 1. The fraction of sp³-hybridized carbons (Fsp3) is 0.500. The molecule has 0 unspecified atom stereocenters. The van der Waals surface area contributed by atoms with E-state index >= 15 is 0 Å². The van der Waals surface area contributed by atoms with Crippen LogP contribution in [0.4, 0.5) is 5.82 Å². The lowest BCUT2D eigenvalue weighted by molar-refractivity contribution is -0.125. The van der Waals surface area contributed by atoms with Gasteiger partial charge in [0.15, 0.2) is 0 Å². The summed E-state index contributed by atoms with van der Waals surface area (Å²) in [7, 11) is 1.49. The lowest BCUT2D eigenvalue weighted by Crippen LogP contribution is -2.47. The average molecular weight is 399 g/mol. The number of aromatic nitrogens is 2. The number of anilines is 1. The Labute approximate surface area is 171 Å². The highest BCUT2D eigenvalue weighted by molar-refractivity contribution is 5.79. The molecule has 0 saturated carbocycles. The first-order valence-corrected chi connectivity index (χ1v) is 10.4. The molecule has 3 rings (SSSR count). The Balaban J connectivity index is 1.69. The normalized spacial score (nSPS) is 16.7. The third-order valence-corrected chi connectivity index (χ3v) is 5.71. The molecule has 1 aliphatic rings. The summed E-state index contributed by atoms with van der Waals surface area (Å²) in [4.78, 5) is 39.3. The fourth-order valence-electron chi connectivity index (χ4n) is 3.84. The van der Waals surface area contributed by atoms with Gasteiger partial charge in [-0.05, 0) is 37.3 Å². The van der Waals surface area contributed by atoms with Crippen molar-refractivity contribution in [1.82, 2.24) is 14.5 Å². The van der Waals surface area contributed by atoms with Crippen molar-refractivity contribution in [1.29, 1.82) is 0 Å². The average Bonchev–Trinajstić information content (AvgIpc) is 2.76. The molecule has 0 bridgehead atoms. The van der Waals surface area contributed by atoms with E-state index in [0.717, 1.165) is 35.9 Å². The van der Waals surface area contributed by atoms with Crippen LogP contribution in [0.3, 0.4) is 0 Å². The maximum Gasteiger partial charge on any atom is 0.332 e. The van der Waals surface area contributed by atoms with Crippen LogP contribution in [0.1, 0.15) is 37.8 Å². The second kappa shape index (κ2) is 9.11. The van der Waals surface area contributed by atoms with Crippen LogP contribution in [-0.4, -0.2) is 28.1 Å². The Kier molecular flexibility index (Phi) is 6.56. The number of carbonyl (C=O) groups is 1. The zero-order chi connectivity index (χ0) is 21.0. The Morgan fingerprint density at radius 3 is 2.48 bits per heavy atom. The van der Waals surface area contributed by atoms with E-state index in [-0.39, 0.29) is 23.1 Å². The number of piperidine rings is 1. The molecule has 1 N–H and O–H groups in total. The van der Waals surface area contributed by atoms with E-state index in [1.807, 2.05) is 24.0 Å². The maximum absolute atomic E-state index is 12.7. The van der Waals surface area contributed by atoms with Gasteiger partial charge >= 0.3 is 5.69 Å². The summed E-state index contributed by atoms with van der Waals surface area (Å²) >= 11 is 0. The molecule has 1 saturated heterocycles. The fourth-order valence-corrected chi connectivity index (χ4v) is 3.84. The Morgan fingerprint density at radius 1 is 1.14 bits per heavy atom. The van der Waals surface area contributed by atoms with Gasteiger partial charge in [-0.1, -0.05) is 31.2 Å². The number of rotatable bonds is 6. The van der Waals surface area contributed by atoms with E-state index in [4.69, 9.17) is 0 Å². The molecule has 1 fully saturated rings. The summed E-state index contributed by atoms with van der Waals surface area (Å²) in [5.74, 6) is 0.458. The second-order valence-corrected chi connectivity index (χ2v) is 7.60. The van der Waals surface area contributed by atoms with E-state index in [1.54, 1.807) is 4.57 Å². The minimum Gasteiger partial charge on any atom is -0.357 e. The van der Waals surface area contributed by atoms with Crippen molar-refractivity contribution in [2.24, 2.45) is 13.0 Å². The highest BCUT2D eigenvalue weighted by Crippen LogP contribution is 2.22. The van der Waals surface area contributed by atoms with Gasteiger partial charge in [-0.15, -0.1) is 0 Å². The van der Waals surface area contributed by atoms with Gasteiger partial charge in [0, 0.05) is 39.3 Å². The van der Waals surface area contributed by atoms with Crippen molar-refractivity contribution in [3.63, 3.8) is 0 Å². The van der Waals surface area contributed by atoms with Crippen LogP contribution in [-0.2, 0) is 31.4 Å². The zero-order valence-electron chi connectivity index (χ0n) is 17.5. The molecule has 0 spiro atoms. The molecule has 2 heterocycles. The molecule has 1 amide bonds. The van der Waals surface area contributed by atoms with Crippen LogP contribution in [0.25, 0.3) is 0 Å². The van der Waals surface area contributed by atoms with E-state index in [0.29, 0.717) is 25.5 Å². The Bertz CT molecular complexity index is 975. The number of aryl methyl sites for hydroxylation is 1. The molecule has 1 atom stereocenters. The predicted octanol–water partition coefficient (Wildman–Crippen LogP) is 1.66. The summed E-state index contributed by atoms with van der Waals surface area (Å²) in [5.41, 5.74) is 1.71. The van der Waals surface area contributed by atoms with Crippen molar-refractivity contribution < 1.29 is 4.79 Å². The van der Waals surface area contributed by atoms with Crippen LogP contribution >= 0.6 is 0 Å². The quantitative estimate of drug-likeness (QED) is 0.803. The number of benzene rings is 1. The SMILES string of the molecule is CCc1ccc(CNC(=O)[C@@H]2CCCN(c3cc(=O)n(C)c(=O)n3CC)C2)cc1. The van der Waals surface area contributed by atoms with E-state index in [9.17, 15) is 14.4 Å². The summed E-state index contributed by atoms with van der Waals surface area (Å²) < 4.78 is 2.71. The van der Waals surface area contributed by atoms with Gasteiger partial charge in [0.1, 0.15) is 5.82 Å². The van der Waals surface area contributed by atoms with E-state index in [1.165, 1.54) is 18.7 Å². The molecular formula is C22H30N4O3. The van der Waals surface area contributed by atoms with Crippen molar-refractivity contribution in [2.45, 2.75) is 46.2 Å². The summed E-state index contributed by atoms with van der Waals surface area (Å²) in [6.07, 6.45) is 2.64. The third-order valence-electron chi connectivity index (χ3n) is 5.71. The molecule has 156 valence electrons. The van der Waals surface area contributed by atoms with Gasteiger partial charge in [-0.3, -0.25) is 18.7 Å². The summed E-state index contributed by atoms with van der Waals surface area (Å²) in [6.45, 7) is 6.22. The van der Waals surface area contributed by atoms with Crippen LogP contribution in [0.15, 0.2) is 39.9 Å². The first kappa shape index (κ1) is 20.9. The van der Waals surface area contributed by atoms with Crippen LogP contribution < -0.4 is 21.5 Å². The molecule has 0 radical (unpaired) electrons. The minimum absolute atomic E-state index is 0.0171. The predicted molar refractivity (Wildman–Crippen MR) is 114 cm³/mol. The van der Waals surface area contributed by atoms with Crippen molar-refractivity contribution in [3.05, 3.63) is 62.3 Å². The monoisotopic (exact) mass is 398 g/mol. The first-order chi connectivity index (χ1) is 13.9. The summed E-state index contributed by atoms with van der Waals surface area (Å²) in [5, 5.41) is 3.04. The van der Waals surface area contributed by atoms with Gasteiger partial charge in [0.05, 0.1) is 5.92 Å². The standard InChI is InChI=1S/C22H30N4O3/c1-4-16-8-10-17(11-9-16)14-23-21(28)18-7-6-12-25(15-18)19-13-20(27)24(3)22(29)26(19)5-2/h8-11,13,18H,4-7,12,14-15H2,1-3H3,(H,23,28)/t18-/m1/s1. The molecule has 0 aliphatic carbocycles. The van der Waals surface area contributed by atoms with E-state index in [2.05, 4.69) is 24.4 Å². The largest absolute Gasteiger partial charge is 0.357 e. The van der Waals surface area contributed by atoms with Gasteiger partial charge < -0.3 is 10.2 Å². The Hall–Kier alpha value is -2.83. The Morgan fingerprint density at radius 2 is 1.83 bits per heavy atom. The maximum atomic E-state index is 12.7. The molecule has 7 nitrogen and oxygen atoms in total. The van der Waals surface area contributed by atoms with Gasteiger partial charge in [-0.2, -0.15) is 0 Å². The number of nitrogens with one attached hydrogen (secondary N) is 1. The summed E-state index contributed by atoms with van der Waals surface area (Å²) in [6, 6.07) is 9.77. The molecule has 1 aromatic heterocycles. The highest BCUT2D eigenvalue weighted by Gasteiger charge is 2.27. The molecule has 7 heteroatoms. The van der Waals surface area contributed by atoms with Gasteiger partial charge in [0.25, 0.3) is 5.56 Å². The number of hydrogen-bond donors (Lipinski definition) is 1. The van der Waals surface area contributed by atoms with Crippen molar-refractivity contribution >= 4 is 11.7 Å². The molecule has 2 aromatic rings. The van der Waals surface area contributed by atoms with Crippen molar-refractivity contribution in [3.8, 4) is 0 Å². The highest BCUT2D eigenvalue weighted by atomic mass is 16.2. The van der Waals surface area contributed by atoms with Crippen LogP contribution in [0.5, 0.6) is 0 Å². The molecule has 29 heavy (non-hydrogen) atoms. The second-order valence-electron chi connectivity index (χ2n) is 7.60. The third kappa shape index (κ3) is 4.60. The van der Waals surface area contributed by atoms with Gasteiger partial charge in [0.2, 0.25) is 5.91 Å². The van der Waals surface area contributed by atoms with E-state index < -0.39 is 0 Å². The first-order valence-electron chi connectivity index (χ1n) is 10.4. The number of amides is 1. The number of hydrogen-bond acceptors (Lipinski definition) is 4. The lowest BCUT2D eigenvalue weighted by atomic mass is 9.97. The smallest absolute Gasteiger partial charge is 0.332 e. The van der Waals surface area contributed by atoms with Gasteiger partial charge in [-0.25, -0.2) is 4.79 Å². The lowest BCUT2D eigenvalue weighted by Gasteiger charge is -2.34. The minimum atomic E-state index is -0.322. The topological polar surface area (TPSA) is 76.3 Å². The molecule has 1 aliphatic heterocycles. The van der Waals surface area contributed by atoms with Crippen molar-refractivity contribution in [2.75, 3.05) is 18.0 Å². The van der Waals surface area contributed by atoms with Crippen LogP contribution in [0.2, 0.25) is 0 Å². The zero-order valence-corrected chi connectivity index (χ0v) is 17.5. The number of nitrogens with zero attached hydrogens (tertiary/aromatic N) is 3. The molecular weight excluding hydrogens is 368 g/mol. The van der Waals surface area contributed by atoms with Crippen LogP contribution in [0, 0.1) is 5.92 Å².